The number of fused-ring (bicyclic) bond motifs is 2. The highest BCUT2D eigenvalue weighted by molar-refractivity contribution is 6.48. The van der Waals surface area contributed by atoms with E-state index in [2.05, 4.69) is 9.97 Å². The summed E-state index contributed by atoms with van der Waals surface area (Å²) in [6, 6.07) is 9.42. The average Bonchev–Trinajstić information content (AvgIpc) is 3.52. The van der Waals surface area contributed by atoms with Crippen LogP contribution in [0.4, 0.5) is 0 Å². The van der Waals surface area contributed by atoms with Gasteiger partial charge in [0.2, 0.25) is 11.6 Å². The lowest BCUT2D eigenvalue weighted by atomic mass is 9.85. The molecule has 2 aromatic carbocycles. The molecule has 0 spiro atoms. The standard InChI is InChI=1S/C26H18N2O8/c1-35-25(33)11-5-3-7-15-17(11)13(9-27-15)19-21(29)23(31)20(24(32)22(19)30)14-10-28-16-8-4-6-12(18(14)16)26(34)36-2/h3-10,27-29,32H,1-2H3. The monoisotopic (exact) mass is 486 g/mol. The van der Waals surface area contributed by atoms with Gasteiger partial charge in [0.15, 0.2) is 11.5 Å². The summed E-state index contributed by atoms with van der Waals surface area (Å²) in [4.78, 5) is 57.2. The average molecular weight is 486 g/mol. The molecule has 0 atom stereocenters. The van der Waals surface area contributed by atoms with Gasteiger partial charge in [-0.15, -0.1) is 0 Å². The number of allylic oxidation sites excluding steroid dienone is 2. The van der Waals surface area contributed by atoms with E-state index in [1.807, 2.05) is 0 Å². The lowest BCUT2D eigenvalue weighted by Gasteiger charge is -2.18. The normalized spacial score (nSPS) is 14.2. The van der Waals surface area contributed by atoms with Crippen LogP contribution in [0.15, 0.2) is 60.3 Å². The van der Waals surface area contributed by atoms with Crippen molar-refractivity contribution in [1.82, 2.24) is 9.97 Å². The van der Waals surface area contributed by atoms with E-state index in [4.69, 9.17) is 9.47 Å². The second-order valence-electron chi connectivity index (χ2n) is 7.95. The van der Waals surface area contributed by atoms with Crippen molar-refractivity contribution in [2.24, 2.45) is 0 Å². The Morgan fingerprint density at radius 3 is 1.44 bits per heavy atom. The van der Waals surface area contributed by atoms with Crippen LogP contribution in [0.2, 0.25) is 0 Å². The highest BCUT2D eigenvalue weighted by Crippen LogP contribution is 2.40. The van der Waals surface area contributed by atoms with Crippen molar-refractivity contribution >= 4 is 56.5 Å². The quantitative estimate of drug-likeness (QED) is 0.251. The van der Waals surface area contributed by atoms with E-state index in [-0.39, 0.29) is 33.0 Å². The van der Waals surface area contributed by atoms with Gasteiger partial charge in [0.1, 0.15) is 0 Å². The molecular weight excluding hydrogens is 468 g/mol. The number of ether oxygens (including phenoxy) is 2. The Kier molecular flexibility index (Phi) is 5.21. The highest BCUT2D eigenvalue weighted by Gasteiger charge is 2.39. The first-order valence-corrected chi connectivity index (χ1v) is 10.6. The van der Waals surface area contributed by atoms with Crippen LogP contribution in [0, 0.1) is 0 Å². The van der Waals surface area contributed by atoms with Crippen LogP contribution in [0.3, 0.4) is 0 Å². The van der Waals surface area contributed by atoms with Crippen LogP contribution in [0.25, 0.3) is 33.0 Å². The van der Waals surface area contributed by atoms with E-state index in [9.17, 15) is 29.4 Å². The largest absolute Gasteiger partial charge is 0.504 e. The van der Waals surface area contributed by atoms with Crippen molar-refractivity contribution in [2.45, 2.75) is 0 Å². The van der Waals surface area contributed by atoms with Gasteiger partial charge in [-0.1, -0.05) is 12.1 Å². The molecule has 2 heterocycles. The Morgan fingerprint density at radius 2 is 1.08 bits per heavy atom. The molecule has 4 N–H and O–H groups in total. The van der Waals surface area contributed by atoms with Crippen molar-refractivity contribution in [3.8, 4) is 0 Å². The zero-order valence-corrected chi connectivity index (χ0v) is 19.0. The predicted octanol–water partition coefficient (Wildman–Crippen LogP) is 3.61. The van der Waals surface area contributed by atoms with Crippen LogP contribution in [-0.2, 0) is 19.1 Å². The first-order valence-electron chi connectivity index (χ1n) is 10.6. The summed E-state index contributed by atoms with van der Waals surface area (Å²) in [5.41, 5.74) is 0.224. The number of benzene rings is 2. The zero-order valence-electron chi connectivity index (χ0n) is 19.0. The van der Waals surface area contributed by atoms with Crippen LogP contribution in [0.1, 0.15) is 31.8 Å². The van der Waals surface area contributed by atoms with E-state index in [0.717, 1.165) is 0 Å². The Balaban J connectivity index is 1.72. The molecule has 0 unspecified atom stereocenters. The van der Waals surface area contributed by atoms with Crippen LogP contribution in [-0.4, -0.2) is 57.9 Å². The molecule has 0 radical (unpaired) electrons. The fourth-order valence-electron chi connectivity index (χ4n) is 4.50. The molecule has 0 amide bonds. The summed E-state index contributed by atoms with van der Waals surface area (Å²) in [6.45, 7) is 0. The SMILES string of the molecule is COC(=O)c1cccc2[nH]cc(C3=C(O)C(=O)C(c4c[nH]c5cccc(C(=O)OC)c45)=C(O)C3=O)c12. The molecule has 36 heavy (non-hydrogen) atoms. The second-order valence-corrected chi connectivity index (χ2v) is 7.95. The van der Waals surface area contributed by atoms with Gasteiger partial charge in [0.25, 0.3) is 0 Å². The van der Waals surface area contributed by atoms with E-state index < -0.39 is 46.2 Å². The number of methoxy groups -OCH3 is 2. The molecule has 2 aromatic heterocycles. The molecule has 0 saturated carbocycles. The molecule has 4 aromatic rings. The van der Waals surface area contributed by atoms with Gasteiger partial charge in [-0.2, -0.15) is 0 Å². The molecule has 0 aliphatic heterocycles. The van der Waals surface area contributed by atoms with E-state index in [1.165, 1.54) is 38.7 Å². The van der Waals surface area contributed by atoms with Gasteiger partial charge >= 0.3 is 11.9 Å². The number of hydrogen-bond acceptors (Lipinski definition) is 8. The van der Waals surface area contributed by atoms with Gasteiger partial charge in [0, 0.05) is 45.3 Å². The molecule has 0 fully saturated rings. The van der Waals surface area contributed by atoms with E-state index in [0.29, 0.717) is 11.0 Å². The van der Waals surface area contributed by atoms with E-state index in [1.54, 1.807) is 24.3 Å². The van der Waals surface area contributed by atoms with E-state index >= 15 is 0 Å². The van der Waals surface area contributed by atoms with Crippen molar-refractivity contribution in [3.05, 3.63) is 82.6 Å². The van der Waals surface area contributed by atoms with Crippen molar-refractivity contribution < 1.29 is 38.9 Å². The number of aliphatic hydroxyl groups excluding tert-OH is 2. The van der Waals surface area contributed by atoms with Gasteiger partial charge in [-0.25, -0.2) is 9.59 Å². The number of carbonyl (C=O) groups excluding carboxylic acids is 4. The minimum atomic E-state index is -1.03. The third-order valence-electron chi connectivity index (χ3n) is 6.12. The zero-order chi connectivity index (χ0) is 25.7. The maximum absolute atomic E-state index is 13.4. The summed E-state index contributed by atoms with van der Waals surface area (Å²) in [5, 5.41) is 22.4. The number of aromatic nitrogens is 2. The molecule has 10 nitrogen and oxygen atoms in total. The molecule has 5 rings (SSSR count). The first kappa shape index (κ1) is 22.7. The topological polar surface area (TPSA) is 159 Å². The maximum Gasteiger partial charge on any atom is 0.338 e. The Labute approximate surface area is 202 Å². The number of carbonyl (C=O) groups is 4. The Morgan fingerprint density at radius 1 is 0.694 bits per heavy atom. The van der Waals surface area contributed by atoms with Crippen LogP contribution in [0.5, 0.6) is 0 Å². The Hall–Kier alpha value is -5.12. The Bertz CT molecular complexity index is 1570. The van der Waals surface area contributed by atoms with Gasteiger partial charge < -0.3 is 29.7 Å². The van der Waals surface area contributed by atoms with Crippen LogP contribution >= 0.6 is 0 Å². The van der Waals surface area contributed by atoms with Crippen molar-refractivity contribution in [1.29, 1.82) is 0 Å². The van der Waals surface area contributed by atoms with Crippen molar-refractivity contribution in [2.75, 3.05) is 14.2 Å². The summed E-state index contributed by atoms with van der Waals surface area (Å²) < 4.78 is 9.63. The number of hydrogen-bond donors (Lipinski definition) is 4. The molecular formula is C26H18N2O8. The number of aliphatic hydroxyl groups is 2. The van der Waals surface area contributed by atoms with Crippen LogP contribution < -0.4 is 0 Å². The third kappa shape index (κ3) is 3.12. The van der Waals surface area contributed by atoms with Gasteiger partial charge in [-0.3, -0.25) is 9.59 Å². The number of rotatable bonds is 4. The minimum absolute atomic E-state index is 0.0432. The lowest BCUT2D eigenvalue weighted by molar-refractivity contribution is -0.116. The summed E-state index contributed by atoms with van der Waals surface area (Å²) in [7, 11) is 2.40. The fraction of sp³-hybridized carbons (Fsp3) is 0.0769. The number of H-pyrrole nitrogens is 2. The van der Waals surface area contributed by atoms with Gasteiger partial charge in [0.05, 0.1) is 36.5 Å². The number of aromatic amines is 2. The van der Waals surface area contributed by atoms with Crippen molar-refractivity contribution in [3.63, 3.8) is 0 Å². The summed E-state index contributed by atoms with van der Waals surface area (Å²) in [6.07, 6.45) is 2.71. The molecule has 1 aliphatic carbocycles. The number of ketones is 2. The summed E-state index contributed by atoms with van der Waals surface area (Å²) in [5.74, 6) is -5.28. The molecule has 1 aliphatic rings. The lowest BCUT2D eigenvalue weighted by Crippen LogP contribution is -2.23. The maximum atomic E-state index is 13.4. The number of nitrogens with one attached hydrogen (secondary N) is 2. The number of esters is 2. The minimum Gasteiger partial charge on any atom is -0.504 e. The third-order valence-corrected chi connectivity index (χ3v) is 6.12. The summed E-state index contributed by atoms with van der Waals surface area (Å²) >= 11 is 0. The molecule has 10 heteroatoms. The predicted molar refractivity (Wildman–Crippen MR) is 128 cm³/mol. The fourth-order valence-corrected chi connectivity index (χ4v) is 4.50. The smallest absolute Gasteiger partial charge is 0.338 e. The first-order chi connectivity index (χ1) is 17.3. The number of Topliss-reactive ketones (excluding diaryl/α,β-unsaturated/α-hetero) is 2. The highest BCUT2D eigenvalue weighted by atomic mass is 16.5. The van der Waals surface area contributed by atoms with Gasteiger partial charge in [-0.05, 0) is 24.3 Å². The second kappa shape index (κ2) is 8.27. The molecule has 180 valence electrons. The molecule has 0 saturated heterocycles. The molecule has 0 bridgehead atoms.